The highest BCUT2D eigenvalue weighted by atomic mass is 79.9. The molecule has 0 amide bonds. The van der Waals surface area contributed by atoms with Gasteiger partial charge in [-0.05, 0) is 53.6 Å². The molecule has 2 nitrogen and oxygen atoms in total. The number of nitrogens with one attached hydrogen (secondary N) is 1. The lowest BCUT2D eigenvalue weighted by molar-refractivity contribution is 0.273. The van der Waals surface area contributed by atoms with E-state index in [1.165, 1.54) is 18.9 Å². The Bertz CT molecular complexity index is 583. The first kappa shape index (κ1) is 15.3. The standard InChI is InChI=1S/C15H17BrF2N2S/c1-9-2-4-15(5-3-9)8-21-14(20-15)19-13-6-10(16)11(17)7-12(13)18/h6-7,9H,2-5,8H2,1H3,(H,19,20). The first-order valence-corrected chi connectivity index (χ1v) is 8.89. The van der Waals surface area contributed by atoms with Gasteiger partial charge in [0.2, 0.25) is 0 Å². The number of nitrogens with zero attached hydrogens (tertiary/aromatic N) is 1. The van der Waals surface area contributed by atoms with Crippen molar-refractivity contribution in [3.05, 3.63) is 28.2 Å². The topological polar surface area (TPSA) is 24.4 Å². The van der Waals surface area contributed by atoms with Gasteiger partial charge in [-0.25, -0.2) is 8.78 Å². The molecule has 1 N–H and O–H groups in total. The maximum Gasteiger partial charge on any atom is 0.161 e. The van der Waals surface area contributed by atoms with Crippen molar-refractivity contribution in [1.82, 2.24) is 0 Å². The van der Waals surface area contributed by atoms with Gasteiger partial charge in [-0.15, -0.1) is 0 Å². The monoisotopic (exact) mass is 374 g/mol. The molecule has 1 spiro atoms. The summed E-state index contributed by atoms with van der Waals surface area (Å²) in [7, 11) is 0. The van der Waals surface area contributed by atoms with E-state index in [2.05, 4.69) is 28.2 Å². The maximum absolute atomic E-state index is 13.8. The minimum atomic E-state index is -0.600. The van der Waals surface area contributed by atoms with Gasteiger partial charge in [-0.1, -0.05) is 18.7 Å². The first-order valence-electron chi connectivity index (χ1n) is 7.12. The van der Waals surface area contributed by atoms with E-state index in [4.69, 9.17) is 4.99 Å². The lowest BCUT2D eigenvalue weighted by Crippen LogP contribution is -2.32. The van der Waals surface area contributed by atoms with Crippen LogP contribution in [0.5, 0.6) is 0 Å². The lowest BCUT2D eigenvalue weighted by atomic mass is 9.79. The summed E-state index contributed by atoms with van der Waals surface area (Å²) in [4.78, 5) is 4.79. The molecule has 2 aliphatic rings. The molecule has 0 saturated heterocycles. The Balaban J connectivity index is 1.76. The van der Waals surface area contributed by atoms with Crippen LogP contribution in [0, 0.1) is 17.6 Å². The van der Waals surface area contributed by atoms with Gasteiger partial charge >= 0.3 is 0 Å². The van der Waals surface area contributed by atoms with E-state index in [9.17, 15) is 8.78 Å². The molecule has 21 heavy (non-hydrogen) atoms. The van der Waals surface area contributed by atoms with Crippen LogP contribution in [0.1, 0.15) is 32.6 Å². The van der Waals surface area contributed by atoms with Crippen LogP contribution in [0.3, 0.4) is 0 Å². The van der Waals surface area contributed by atoms with E-state index < -0.39 is 11.6 Å². The average Bonchev–Trinajstić information content (AvgIpc) is 2.83. The third-order valence-corrected chi connectivity index (χ3v) is 6.03. The van der Waals surface area contributed by atoms with E-state index in [1.807, 2.05) is 0 Å². The minimum absolute atomic E-state index is 0.0211. The number of halogens is 3. The summed E-state index contributed by atoms with van der Waals surface area (Å²) in [6.45, 7) is 2.28. The van der Waals surface area contributed by atoms with E-state index in [0.29, 0.717) is 0 Å². The highest BCUT2D eigenvalue weighted by molar-refractivity contribution is 9.10. The molecule has 1 aliphatic heterocycles. The fourth-order valence-electron chi connectivity index (χ4n) is 2.84. The number of amidine groups is 1. The number of thioether (sulfide) groups is 1. The second-order valence-corrected chi connectivity index (χ2v) is 7.80. The largest absolute Gasteiger partial charge is 0.333 e. The summed E-state index contributed by atoms with van der Waals surface area (Å²) in [6, 6.07) is 2.30. The predicted octanol–water partition coefficient (Wildman–Crippen LogP) is 5.19. The average molecular weight is 375 g/mol. The molecule has 1 saturated carbocycles. The van der Waals surface area contributed by atoms with E-state index >= 15 is 0 Å². The SMILES string of the molecule is CC1CCC2(CC1)CSC(Nc1cc(Br)c(F)cc1F)=N2. The first-order chi connectivity index (χ1) is 9.97. The Morgan fingerprint density at radius 3 is 2.71 bits per heavy atom. The minimum Gasteiger partial charge on any atom is -0.333 e. The van der Waals surface area contributed by atoms with Gasteiger partial charge in [0.05, 0.1) is 15.7 Å². The number of aliphatic imine (C=N–C) groups is 1. The van der Waals surface area contributed by atoms with Crippen molar-refractivity contribution in [2.24, 2.45) is 10.9 Å². The fraction of sp³-hybridized carbons (Fsp3) is 0.533. The molecular formula is C15H17BrF2N2S. The number of rotatable bonds is 1. The smallest absolute Gasteiger partial charge is 0.161 e. The zero-order valence-electron chi connectivity index (χ0n) is 11.8. The van der Waals surface area contributed by atoms with E-state index in [0.717, 1.165) is 35.7 Å². The summed E-state index contributed by atoms with van der Waals surface area (Å²) in [6.07, 6.45) is 4.60. The molecule has 0 bridgehead atoms. The van der Waals surface area contributed by atoms with Gasteiger partial charge in [-0.2, -0.15) is 0 Å². The number of anilines is 1. The number of benzene rings is 1. The Labute approximate surface area is 135 Å². The molecule has 0 radical (unpaired) electrons. The van der Waals surface area contributed by atoms with Gasteiger partial charge in [0.1, 0.15) is 11.6 Å². The Morgan fingerprint density at radius 2 is 2.00 bits per heavy atom. The molecular weight excluding hydrogens is 358 g/mol. The number of hydrogen-bond acceptors (Lipinski definition) is 3. The van der Waals surface area contributed by atoms with E-state index in [-0.39, 0.29) is 15.7 Å². The Hall–Kier alpha value is -0.620. The zero-order valence-corrected chi connectivity index (χ0v) is 14.2. The van der Waals surface area contributed by atoms with Crippen molar-refractivity contribution < 1.29 is 8.78 Å². The molecule has 0 aromatic heterocycles. The molecule has 0 atom stereocenters. The van der Waals surface area contributed by atoms with Gasteiger partial charge < -0.3 is 5.32 Å². The van der Waals surface area contributed by atoms with Crippen LogP contribution in [0.15, 0.2) is 21.6 Å². The second-order valence-electron chi connectivity index (χ2n) is 5.98. The molecule has 1 fully saturated rings. The summed E-state index contributed by atoms with van der Waals surface area (Å²) in [5.41, 5.74) is 0.281. The third-order valence-electron chi connectivity index (χ3n) is 4.27. The summed E-state index contributed by atoms with van der Waals surface area (Å²) >= 11 is 4.70. The van der Waals surface area contributed by atoms with Crippen LogP contribution < -0.4 is 5.32 Å². The second kappa shape index (κ2) is 5.88. The van der Waals surface area contributed by atoms with Gasteiger partial charge in [0, 0.05) is 11.8 Å². The molecule has 1 heterocycles. The third kappa shape index (κ3) is 3.26. The molecule has 1 aliphatic carbocycles. The highest BCUT2D eigenvalue weighted by Gasteiger charge is 2.38. The van der Waals surface area contributed by atoms with Crippen LogP contribution >= 0.6 is 27.7 Å². The Kier molecular flexibility index (Phi) is 4.28. The van der Waals surface area contributed by atoms with Crippen molar-refractivity contribution >= 4 is 38.5 Å². The molecule has 3 rings (SSSR count). The Morgan fingerprint density at radius 1 is 1.29 bits per heavy atom. The van der Waals surface area contributed by atoms with Crippen molar-refractivity contribution in [3.63, 3.8) is 0 Å². The van der Waals surface area contributed by atoms with Gasteiger partial charge in [0.25, 0.3) is 0 Å². The normalized spacial score (nSPS) is 28.8. The quantitative estimate of drug-likeness (QED) is 0.683. The maximum atomic E-state index is 13.8. The lowest BCUT2D eigenvalue weighted by Gasteiger charge is -2.32. The van der Waals surface area contributed by atoms with Crippen LogP contribution in [-0.2, 0) is 0 Å². The van der Waals surface area contributed by atoms with E-state index in [1.54, 1.807) is 11.8 Å². The van der Waals surface area contributed by atoms with Gasteiger partial charge in [0.15, 0.2) is 5.17 Å². The summed E-state index contributed by atoms with van der Waals surface area (Å²) in [5.74, 6) is 0.527. The van der Waals surface area contributed by atoms with Crippen molar-refractivity contribution in [1.29, 1.82) is 0 Å². The van der Waals surface area contributed by atoms with Gasteiger partial charge in [-0.3, -0.25) is 4.99 Å². The summed E-state index contributed by atoms with van der Waals surface area (Å²) in [5, 5.41) is 3.74. The molecule has 114 valence electrons. The van der Waals surface area contributed by atoms with Crippen LogP contribution in [0.2, 0.25) is 0 Å². The van der Waals surface area contributed by atoms with Crippen LogP contribution in [0.4, 0.5) is 14.5 Å². The van der Waals surface area contributed by atoms with Crippen LogP contribution in [-0.4, -0.2) is 16.5 Å². The van der Waals surface area contributed by atoms with Crippen molar-refractivity contribution in [3.8, 4) is 0 Å². The number of hydrogen-bond donors (Lipinski definition) is 1. The highest BCUT2D eigenvalue weighted by Crippen LogP contribution is 2.41. The molecule has 1 aromatic rings. The molecule has 6 heteroatoms. The zero-order chi connectivity index (χ0) is 15.0. The van der Waals surface area contributed by atoms with Crippen LogP contribution in [0.25, 0.3) is 0 Å². The predicted molar refractivity (Wildman–Crippen MR) is 87.9 cm³/mol. The fourth-order valence-corrected chi connectivity index (χ4v) is 4.38. The summed E-state index contributed by atoms with van der Waals surface area (Å²) < 4.78 is 27.3. The van der Waals surface area contributed by atoms with Crippen molar-refractivity contribution in [2.45, 2.75) is 38.1 Å². The molecule has 0 unspecified atom stereocenters. The van der Waals surface area contributed by atoms with Crippen molar-refractivity contribution in [2.75, 3.05) is 11.1 Å². The molecule has 1 aromatic carbocycles.